The maximum atomic E-state index is 12.1. The highest BCUT2D eigenvalue weighted by atomic mass is 79.9. The lowest BCUT2D eigenvalue weighted by atomic mass is 10.2. The molecule has 1 amide bonds. The zero-order valence-corrected chi connectivity index (χ0v) is 20.6. The van der Waals surface area contributed by atoms with Gasteiger partial charge in [-0.2, -0.15) is 5.10 Å². The first-order chi connectivity index (χ1) is 14.3. The molecule has 0 radical (unpaired) electrons. The molecule has 9 heteroatoms. The van der Waals surface area contributed by atoms with Crippen LogP contribution < -0.4 is 10.2 Å². The average molecular weight is 592 g/mol. The summed E-state index contributed by atoms with van der Waals surface area (Å²) in [6.45, 7) is 0.276. The molecule has 0 spiro atoms. The van der Waals surface area contributed by atoms with Crippen molar-refractivity contribution in [2.45, 2.75) is 6.61 Å². The molecule has 3 aromatic rings. The smallest absolute Gasteiger partial charge is 0.271 e. The van der Waals surface area contributed by atoms with Crippen molar-refractivity contribution in [2.75, 3.05) is 0 Å². The summed E-state index contributed by atoms with van der Waals surface area (Å²) in [7, 11) is 0. The predicted octanol–water partition coefficient (Wildman–Crippen LogP) is 7.51. The van der Waals surface area contributed by atoms with Crippen LogP contribution in [-0.2, 0) is 6.61 Å². The summed E-state index contributed by atoms with van der Waals surface area (Å²) in [5, 5.41) is 5.66. The average Bonchev–Trinajstić information content (AvgIpc) is 2.69. The minimum atomic E-state index is -0.333. The van der Waals surface area contributed by atoms with Gasteiger partial charge in [0.05, 0.1) is 15.2 Å². The Morgan fingerprint density at radius 3 is 2.23 bits per heavy atom. The van der Waals surface area contributed by atoms with Gasteiger partial charge in [-0.3, -0.25) is 4.79 Å². The molecular weight excluding hydrogens is 578 g/mol. The number of nitrogens with one attached hydrogen (secondary N) is 1. The number of benzene rings is 3. The molecule has 0 unspecified atom stereocenters. The van der Waals surface area contributed by atoms with Crippen LogP contribution in [0.25, 0.3) is 0 Å². The summed E-state index contributed by atoms with van der Waals surface area (Å²) in [5.41, 5.74) is 4.51. The van der Waals surface area contributed by atoms with Gasteiger partial charge in [-0.15, -0.1) is 0 Å². The molecule has 0 atom stereocenters. The van der Waals surface area contributed by atoms with Crippen molar-refractivity contribution >= 4 is 78.8 Å². The molecule has 154 valence electrons. The Labute approximate surface area is 205 Å². The first-order valence-corrected chi connectivity index (χ1v) is 11.2. The van der Waals surface area contributed by atoms with Gasteiger partial charge in [-0.1, -0.05) is 40.9 Å². The van der Waals surface area contributed by atoms with E-state index in [1.165, 1.54) is 6.21 Å². The second-order valence-electron chi connectivity index (χ2n) is 6.04. The fourth-order valence-corrected chi connectivity index (χ4v) is 4.45. The molecule has 3 rings (SSSR count). The van der Waals surface area contributed by atoms with Crippen LogP contribution in [0.2, 0.25) is 15.1 Å². The highest BCUT2D eigenvalue weighted by Crippen LogP contribution is 2.35. The number of rotatable bonds is 6. The largest absolute Gasteiger partial charge is 0.486 e. The van der Waals surface area contributed by atoms with Crippen LogP contribution in [-0.4, -0.2) is 12.1 Å². The van der Waals surface area contributed by atoms with E-state index in [-0.39, 0.29) is 12.5 Å². The second kappa shape index (κ2) is 10.6. The maximum Gasteiger partial charge on any atom is 0.271 e. The van der Waals surface area contributed by atoms with E-state index >= 15 is 0 Å². The van der Waals surface area contributed by atoms with Crippen molar-refractivity contribution in [3.05, 3.63) is 95.3 Å². The summed E-state index contributed by atoms with van der Waals surface area (Å²) in [6.07, 6.45) is 1.53. The number of ether oxygens (including phenoxy) is 1. The fraction of sp³-hybridized carbons (Fsp3) is 0.0476. The third-order valence-corrected chi connectivity index (χ3v) is 5.91. The summed E-state index contributed by atoms with van der Waals surface area (Å²) in [6, 6.07) is 15.4. The maximum absolute atomic E-state index is 12.1. The van der Waals surface area contributed by atoms with Crippen molar-refractivity contribution in [2.24, 2.45) is 5.10 Å². The van der Waals surface area contributed by atoms with Crippen molar-refractivity contribution in [3.63, 3.8) is 0 Å². The zero-order valence-electron chi connectivity index (χ0n) is 15.1. The van der Waals surface area contributed by atoms with E-state index in [2.05, 4.69) is 42.4 Å². The minimum absolute atomic E-state index is 0.276. The monoisotopic (exact) mass is 588 g/mol. The van der Waals surface area contributed by atoms with E-state index in [0.29, 0.717) is 35.3 Å². The molecule has 1 N–H and O–H groups in total. The number of hydrazone groups is 1. The van der Waals surface area contributed by atoms with Crippen molar-refractivity contribution in [1.29, 1.82) is 0 Å². The molecule has 4 nitrogen and oxygen atoms in total. The van der Waals surface area contributed by atoms with Gasteiger partial charge in [0.25, 0.3) is 5.91 Å². The van der Waals surface area contributed by atoms with Gasteiger partial charge >= 0.3 is 0 Å². The number of halogens is 5. The van der Waals surface area contributed by atoms with E-state index < -0.39 is 0 Å². The van der Waals surface area contributed by atoms with Crippen molar-refractivity contribution in [3.8, 4) is 5.75 Å². The number of amides is 1. The molecule has 0 aliphatic rings. The molecule has 0 heterocycles. The van der Waals surface area contributed by atoms with Crippen LogP contribution in [0.4, 0.5) is 0 Å². The van der Waals surface area contributed by atoms with E-state index in [1.54, 1.807) is 36.4 Å². The zero-order chi connectivity index (χ0) is 21.7. The van der Waals surface area contributed by atoms with E-state index in [4.69, 9.17) is 39.5 Å². The Morgan fingerprint density at radius 2 is 1.60 bits per heavy atom. The highest BCUT2D eigenvalue weighted by Gasteiger charge is 2.11. The van der Waals surface area contributed by atoms with Crippen LogP contribution in [0.15, 0.2) is 68.6 Å². The molecule has 0 saturated carbocycles. The second-order valence-corrected chi connectivity index (χ2v) is 9.03. The van der Waals surface area contributed by atoms with E-state index in [1.807, 2.05) is 18.2 Å². The third kappa shape index (κ3) is 6.22. The number of carbonyl (C=O) groups excluding carboxylic acids is 1. The lowest BCUT2D eigenvalue weighted by Gasteiger charge is -2.12. The van der Waals surface area contributed by atoms with Gasteiger partial charge in [-0.05, 0) is 86.0 Å². The number of hydrogen-bond donors (Lipinski definition) is 1. The summed E-state index contributed by atoms with van der Waals surface area (Å²) >= 11 is 24.9. The summed E-state index contributed by atoms with van der Waals surface area (Å²) in [4.78, 5) is 12.1. The number of carbonyl (C=O) groups is 1. The number of hydrogen-bond acceptors (Lipinski definition) is 3. The van der Waals surface area contributed by atoms with Crippen LogP contribution in [0.5, 0.6) is 5.75 Å². The molecule has 0 bridgehead atoms. The lowest BCUT2D eigenvalue weighted by molar-refractivity contribution is 0.0955. The molecule has 3 aromatic carbocycles. The third-order valence-electron chi connectivity index (χ3n) is 3.89. The first-order valence-electron chi connectivity index (χ1n) is 8.48. The molecule has 0 aromatic heterocycles. The quantitative estimate of drug-likeness (QED) is 0.238. The van der Waals surface area contributed by atoms with Gasteiger partial charge < -0.3 is 4.74 Å². The Bertz CT molecular complexity index is 1080. The van der Waals surface area contributed by atoms with Gasteiger partial charge in [0.1, 0.15) is 12.4 Å². The van der Waals surface area contributed by atoms with E-state index in [0.717, 1.165) is 11.1 Å². The van der Waals surface area contributed by atoms with E-state index in [9.17, 15) is 4.79 Å². The standard InChI is InChI=1S/C21H13Br2Cl3N2O2/c22-17-7-12(10-27-28-21(29)13-1-4-15(24)5-2-13)8-18(23)20(17)30-11-14-3-6-16(25)9-19(14)26/h1-10H,11H2,(H,28,29)/b27-10-. The summed E-state index contributed by atoms with van der Waals surface area (Å²) < 4.78 is 7.32. The Balaban J connectivity index is 1.65. The molecular formula is C21H13Br2Cl3N2O2. The Morgan fingerprint density at radius 1 is 0.967 bits per heavy atom. The predicted molar refractivity (Wildman–Crippen MR) is 129 cm³/mol. The van der Waals surface area contributed by atoms with Gasteiger partial charge in [0.15, 0.2) is 0 Å². The van der Waals surface area contributed by atoms with Gasteiger partial charge in [-0.25, -0.2) is 5.43 Å². The molecule has 0 fully saturated rings. The van der Waals surface area contributed by atoms with Crippen LogP contribution in [0.1, 0.15) is 21.5 Å². The van der Waals surface area contributed by atoms with Crippen LogP contribution in [0.3, 0.4) is 0 Å². The molecule has 30 heavy (non-hydrogen) atoms. The SMILES string of the molecule is O=C(N/N=C\c1cc(Br)c(OCc2ccc(Cl)cc2Cl)c(Br)c1)c1ccc(Cl)cc1. The van der Waals surface area contributed by atoms with Crippen molar-refractivity contribution in [1.82, 2.24) is 5.43 Å². The molecule has 0 aliphatic heterocycles. The van der Waals surface area contributed by atoms with Gasteiger partial charge in [0.2, 0.25) is 0 Å². The summed E-state index contributed by atoms with van der Waals surface area (Å²) in [5.74, 6) is 0.282. The fourth-order valence-electron chi connectivity index (χ4n) is 2.41. The normalized spacial score (nSPS) is 11.0. The first kappa shape index (κ1) is 23.1. The Hall–Kier alpha value is -1.57. The Kier molecular flexibility index (Phi) is 8.20. The van der Waals surface area contributed by atoms with Crippen LogP contribution >= 0.6 is 66.7 Å². The lowest BCUT2D eigenvalue weighted by Crippen LogP contribution is -2.17. The van der Waals surface area contributed by atoms with Gasteiger partial charge in [0, 0.05) is 26.2 Å². The van der Waals surface area contributed by atoms with Crippen molar-refractivity contribution < 1.29 is 9.53 Å². The van der Waals surface area contributed by atoms with Crippen LogP contribution in [0, 0.1) is 0 Å². The molecule has 0 saturated heterocycles. The molecule has 0 aliphatic carbocycles. The highest BCUT2D eigenvalue weighted by molar-refractivity contribution is 9.11. The minimum Gasteiger partial charge on any atom is -0.486 e. The number of nitrogens with zero attached hydrogens (tertiary/aromatic N) is 1. The topological polar surface area (TPSA) is 50.7 Å².